The maximum Gasteiger partial charge on any atom is 0.242 e. The predicted octanol–water partition coefficient (Wildman–Crippen LogP) is 3.97. The molecule has 1 N–H and O–H groups in total. The summed E-state index contributed by atoms with van der Waals surface area (Å²) in [5, 5.41) is 3.32. The van der Waals surface area contributed by atoms with Crippen LogP contribution in [0, 0.1) is 5.82 Å². The molecule has 2 rings (SSSR count). The van der Waals surface area contributed by atoms with E-state index in [-0.39, 0.29) is 24.8 Å². The first-order chi connectivity index (χ1) is 12.9. The van der Waals surface area contributed by atoms with E-state index in [0.717, 1.165) is 5.56 Å². The molecule has 27 heavy (non-hydrogen) atoms. The number of nitrogens with zero attached hydrogens (tertiary/aromatic N) is 1. The van der Waals surface area contributed by atoms with Crippen molar-refractivity contribution in [2.75, 3.05) is 6.54 Å². The highest BCUT2D eigenvalue weighted by atomic mass is 35.5. The van der Waals surface area contributed by atoms with Crippen LogP contribution in [0.4, 0.5) is 4.39 Å². The van der Waals surface area contributed by atoms with Gasteiger partial charge in [0.05, 0.1) is 0 Å². The predicted molar refractivity (Wildman–Crippen MR) is 105 cm³/mol. The zero-order valence-corrected chi connectivity index (χ0v) is 16.3. The van der Waals surface area contributed by atoms with Crippen LogP contribution in [0.2, 0.25) is 5.02 Å². The largest absolute Gasteiger partial charge is 0.355 e. The molecule has 0 fully saturated rings. The first-order valence-corrected chi connectivity index (χ1v) is 9.35. The number of hydrogen-bond donors (Lipinski definition) is 1. The van der Waals surface area contributed by atoms with Gasteiger partial charge in [-0.3, -0.25) is 9.59 Å². The van der Waals surface area contributed by atoms with Gasteiger partial charge < -0.3 is 10.2 Å². The van der Waals surface area contributed by atoms with Gasteiger partial charge in [-0.2, -0.15) is 0 Å². The molecule has 2 aromatic carbocycles. The van der Waals surface area contributed by atoms with Crippen LogP contribution in [-0.2, 0) is 22.6 Å². The standard InChI is InChI=1S/C21H24ClFN2O2/c1-3-24-21(27)15(2)25(14-17-9-5-7-11-19(17)23)20(26)13-12-16-8-4-6-10-18(16)22/h4-11,15H,3,12-14H2,1-2H3,(H,24,27). The van der Waals surface area contributed by atoms with E-state index < -0.39 is 11.9 Å². The van der Waals surface area contributed by atoms with Crippen LogP contribution in [0.1, 0.15) is 31.4 Å². The van der Waals surface area contributed by atoms with Gasteiger partial charge in [-0.15, -0.1) is 0 Å². The maximum atomic E-state index is 14.1. The number of carbonyl (C=O) groups excluding carboxylic acids is 2. The summed E-state index contributed by atoms with van der Waals surface area (Å²) in [6.07, 6.45) is 0.635. The molecule has 1 unspecified atom stereocenters. The zero-order valence-electron chi connectivity index (χ0n) is 15.5. The van der Waals surface area contributed by atoms with Gasteiger partial charge >= 0.3 is 0 Å². The monoisotopic (exact) mass is 390 g/mol. The Morgan fingerprint density at radius 3 is 2.37 bits per heavy atom. The first-order valence-electron chi connectivity index (χ1n) is 8.98. The van der Waals surface area contributed by atoms with Crippen LogP contribution in [0.3, 0.4) is 0 Å². The fourth-order valence-electron chi connectivity index (χ4n) is 2.80. The smallest absolute Gasteiger partial charge is 0.242 e. The third-order valence-electron chi connectivity index (χ3n) is 4.38. The Kier molecular flexibility index (Phi) is 7.80. The Bertz CT molecular complexity index is 797. The number of nitrogens with one attached hydrogen (secondary N) is 1. The van der Waals surface area contributed by atoms with Crippen molar-refractivity contribution in [1.82, 2.24) is 10.2 Å². The van der Waals surface area contributed by atoms with Gasteiger partial charge in [0.2, 0.25) is 11.8 Å². The number of rotatable bonds is 8. The molecule has 6 heteroatoms. The van der Waals surface area contributed by atoms with Crippen LogP contribution in [0.25, 0.3) is 0 Å². The first kappa shape index (κ1) is 20.9. The average Bonchev–Trinajstić information content (AvgIpc) is 2.66. The highest BCUT2D eigenvalue weighted by Crippen LogP contribution is 2.19. The van der Waals surface area contributed by atoms with Gasteiger partial charge in [-0.25, -0.2) is 4.39 Å². The van der Waals surface area contributed by atoms with E-state index in [2.05, 4.69) is 5.32 Å². The number of carbonyl (C=O) groups is 2. The summed E-state index contributed by atoms with van der Waals surface area (Å²) in [6, 6.07) is 12.9. The number of halogens is 2. The van der Waals surface area contributed by atoms with Crippen molar-refractivity contribution in [2.45, 2.75) is 39.3 Å². The second-order valence-electron chi connectivity index (χ2n) is 6.28. The minimum absolute atomic E-state index is 0.0341. The Morgan fingerprint density at radius 2 is 1.74 bits per heavy atom. The SMILES string of the molecule is CCNC(=O)C(C)N(Cc1ccccc1F)C(=O)CCc1ccccc1Cl. The molecule has 4 nitrogen and oxygen atoms in total. The van der Waals surface area contributed by atoms with Crippen molar-refractivity contribution >= 4 is 23.4 Å². The molecule has 2 aromatic rings. The molecular formula is C21H24ClFN2O2. The molecule has 1 atom stereocenters. The van der Waals surface area contributed by atoms with E-state index in [1.54, 1.807) is 31.2 Å². The fourth-order valence-corrected chi connectivity index (χ4v) is 3.03. The van der Waals surface area contributed by atoms with Crippen LogP contribution in [0.5, 0.6) is 0 Å². The number of amides is 2. The number of likely N-dealkylation sites (N-methyl/N-ethyl adjacent to an activating group) is 1. The Balaban J connectivity index is 2.17. The third kappa shape index (κ3) is 5.79. The summed E-state index contributed by atoms with van der Waals surface area (Å²) < 4.78 is 14.1. The maximum absolute atomic E-state index is 14.1. The van der Waals surface area contributed by atoms with Crippen LogP contribution in [-0.4, -0.2) is 29.3 Å². The van der Waals surface area contributed by atoms with Gasteiger partial charge in [0.25, 0.3) is 0 Å². The van der Waals surface area contributed by atoms with Crippen molar-refractivity contribution in [3.8, 4) is 0 Å². The zero-order chi connectivity index (χ0) is 19.8. The van der Waals surface area contributed by atoms with Crippen LogP contribution < -0.4 is 5.32 Å². The number of hydrogen-bond acceptors (Lipinski definition) is 2. The lowest BCUT2D eigenvalue weighted by molar-refractivity contribution is -0.140. The van der Waals surface area contributed by atoms with Crippen molar-refractivity contribution < 1.29 is 14.0 Å². The van der Waals surface area contributed by atoms with Crippen LogP contribution in [0.15, 0.2) is 48.5 Å². The Labute approximate surface area is 164 Å². The molecule has 0 aliphatic heterocycles. The van der Waals surface area contributed by atoms with Crippen molar-refractivity contribution in [2.24, 2.45) is 0 Å². The van der Waals surface area contributed by atoms with Gasteiger partial charge in [0.15, 0.2) is 0 Å². The second kappa shape index (κ2) is 10.1. The highest BCUT2D eigenvalue weighted by Gasteiger charge is 2.26. The average molecular weight is 391 g/mol. The lowest BCUT2D eigenvalue weighted by Crippen LogP contribution is -2.47. The van der Waals surface area contributed by atoms with E-state index in [1.807, 2.05) is 25.1 Å². The molecule has 0 spiro atoms. The normalized spacial score (nSPS) is 11.7. The molecule has 2 amide bonds. The summed E-state index contributed by atoms with van der Waals surface area (Å²) in [6.45, 7) is 3.96. The summed E-state index contributed by atoms with van der Waals surface area (Å²) in [5.41, 5.74) is 1.24. The number of benzene rings is 2. The Hall–Kier alpha value is -2.40. The quantitative estimate of drug-likeness (QED) is 0.741. The molecule has 144 valence electrons. The lowest BCUT2D eigenvalue weighted by Gasteiger charge is -2.29. The van der Waals surface area contributed by atoms with E-state index in [0.29, 0.717) is 23.6 Å². The van der Waals surface area contributed by atoms with E-state index >= 15 is 0 Å². The van der Waals surface area contributed by atoms with Gasteiger partial charge in [-0.1, -0.05) is 48.0 Å². The lowest BCUT2D eigenvalue weighted by atomic mass is 10.1. The molecular weight excluding hydrogens is 367 g/mol. The highest BCUT2D eigenvalue weighted by molar-refractivity contribution is 6.31. The van der Waals surface area contributed by atoms with Crippen molar-refractivity contribution in [1.29, 1.82) is 0 Å². The molecule has 0 aliphatic carbocycles. The van der Waals surface area contributed by atoms with Crippen molar-refractivity contribution in [3.05, 3.63) is 70.5 Å². The van der Waals surface area contributed by atoms with E-state index in [1.165, 1.54) is 11.0 Å². The molecule has 0 heterocycles. The van der Waals surface area contributed by atoms with Gasteiger partial charge in [0.1, 0.15) is 11.9 Å². The third-order valence-corrected chi connectivity index (χ3v) is 4.75. The fraction of sp³-hybridized carbons (Fsp3) is 0.333. The minimum Gasteiger partial charge on any atom is -0.355 e. The van der Waals surface area contributed by atoms with E-state index in [9.17, 15) is 14.0 Å². The topological polar surface area (TPSA) is 49.4 Å². The molecule has 0 aliphatic rings. The minimum atomic E-state index is -0.705. The molecule has 0 saturated heterocycles. The Morgan fingerprint density at radius 1 is 1.11 bits per heavy atom. The molecule has 0 bridgehead atoms. The van der Waals surface area contributed by atoms with E-state index in [4.69, 9.17) is 11.6 Å². The number of aryl methyl sites for hydroxylation is 1. The molecule has 0 saturated carbocycles. The van der Waals surface area contributed by atoms with Crippen LogP contribution >= 0.6 is 11.6 Å². The molecule has 0 radical (unpaired) electrons. The summed E-state index contributed by atoms with van der Waals surface area (Å²) in [5.74, 6) is -0.888. The summed E-state index contributed by atoms with van der Waals surface area (Å²) >= 11 is 6.15. The van der Waals surface area contributed by atoms with Gasteiger partial charge in [0, 0.05) is 30.1 Å². The summed E-state index contributed by atoms with van der Waals surface area (Å²) in [4.78, 5) is 26.6. The van der Waals surface area contributed by atoms with Crippen molar-refractivity contribution in [3.63, 3.8) is 0 Å². The molecule has 0 aromatic heterocycles. The summed E-state index contributed by atoms with van der Waals surface area (Å²) in [7, 11) is 0. The second-order valence-corrected chi connectivity index (χ2v) is 6.68. The van der Waals surface area contributed by atoms with Gasteiger partial charge in [-0.05, 0) is 38.0 Å².